The van der Waals surface area contributed by atoms with E-state index in [-0.39, 0.29) is 6.54 Å². The van der Waals surface area contributed by atoms with Crippen LogP contribution in [-0.2, 0) is 4.79 Å². The Hall–Kier alpha value is -2.51. The molecule has 1 aromatic rings. The average molecular weight is 283 g/mol. The van der Waals surface area contributed by atoms with E-state index >= 15 is 0 Å². The van der Waals surface area contributed by atoms with Gasteiger partial charge in [0.25, 0.3) is 11.6 Å². The van der Waals surface area contributed by atoms with Crippen LogP contribution in [0.4, 0.5) is 10.1 Å². The van der Waals surface area contributed by atoms with E-state index in [1.54, 1.807) is 0 Å². The number of nitro benzene ring substituents is 1. The summed E-state index contributed by atoms with van der Waals surface area (Å²) < 4.78 is 13.4. The Morgan fingerprint density at radius 3 is 2.65 bits per heavy atom. The minimum atomic E-state index is -0.887. The molecule has 1 rings (SSSR count). The minimum Gasteiger partial charge on any atom is -0.355 e. The first-order valence-corrected chi connectivity index (χ1v) is 5.94. The number of carbonyl (C=O) groups excluding carboxylic acids is 2. The summed E-state index contributed by atoms with van der Waals surface area (Å²) in [6, 6.07) is 2.62. The molecule has 108 valence electrons. The number of nitrogens with zero attached hydrogens (tertiary/aromatic N) is 1. The smallest absolute Gasteiger partial charge is 0.270 e. The standard InChI is InChI=1S/C12H14FN3O4/c1-2-5-14-11(17)7-15-12(18)9-6-8(16(19)20)3-4-10(9)13/h3-4,6H,2,5,7H2,1H3,(H,14,17)(H,15,18). The van der Waals surface area contributed by atoms with Crippen molar-refractivity contribution >= 4 is 17.5 Å². The van der Waals surface area contributed by atoms with Crippen LogP contribution in [0.5, 0.6) is 0 Å². The molecule has 0 atom stereocenters. The van der Waals surface area contributed by atoms with Gasteiger partial charge in [-0.15, -0.1) is 0 Å². The van der Waals surface area contributed by atoms with Crippen molar-refractivity contribution in [3.8, 4) is 0 Å². The summed E-state index contributed by atoms with van der Waals surface area (Å²) >= 11 is 0. The zero-order chi connectivity index (χ0) is 15.1. The first-order chi connectivity index (χ1) is 9.45. The van der Waals surface area contributed by atoms with Gasteiger partial charge < -0.3 is 10.6 Å². The van der Waals surface area contributed by atoms with Crippen molar-refractivity contribution in [2.45, 2.75) is 13.3 Å². The van der Waals surface area contributed by atoms with Gasteiger partial charge in [-0.25, -0.2) is 4.39 Å². The van der Waals surface area contributed by atoms with Gasteiger partial charge >= 0.3 is 0 Å². The number of carbonyl (C=O) groups is 2. The van der Waals surface area contributed by atoms with Crippen LogP contribution in [0.2, 0.25) is 0 Å². The maximum absolute atomic E-state index is 13.4. The second-order valence-electron chi connectivity index (χ2n) is 3.95. The van der Waals surface area contributed by atoms with Crippen LogP contribution in [0.25, 0.3) is 0 Å². The fourth-order valence-corrected chi connectivity index (χ4v) is 1.38. The fourth-order valence-electron chi connectivity index (χ4n) is 1.38. The lowest BCUT2D eigenvalue weighted by Crippen LogP contribution is -2.37. The molecule has 8 heteroatoms. The predicted molar refractivity (Wildman–Crippen MR) is 68.7 cm³/mol. The van der Waals surface area contributed by atoms with E-state index in [0.717, 1.165) is 24.6 Å². The molecule has 2 N–H and O–H groups in total. The maximum Gasteiger partial charge on any atom is 0.270 e. The highest BCUT2D eigenvalue weighted by molar-refractivity contribution is 5.97. The molecule has 1 aromatic carbocycles. The summed E-state index contributed by atoms with van der Waals surface area (Å²) in [6.45, 7) is 2.03. The molecule has 0 radical (unpaired) electrons. The Bertz CT molecular complexity index is 533. The number of rotatable bonds is 6. The topological polar surface area (TPSA) is 101 Å². The zero-order valence-corrected chi connectivity index (χ0v) is 10.8. The first-order valence-electron chi connectivity index (χ1n) is 5.94. The maximum atomic E-state index is 13.4. The third-order valence-corrected chi connectivity index (χ3v) is 2.39. The van der Waals surface area contributed by atoms with Crippen LogP contribution in [0, 0.1) is 15.9 Å². The lowest BCUT2D eigenvalue weighted by Gasteiger charge is -2.06. The monoisotopic (exact) mass is 283 g/mol. The number of benzene rings is 1. The second kappa shape index (κ2) is 7.17. The van der Waals surface area contributed by atoms with Crippen LogP contribution >= 0.6 is 0 Å². The zero-order valence-electron chi connectivity index (χ0n) is 10.8. The molecule has 0 saturated carbocycles. The number of hydrogen-bond donors (Lipinski definition) is 2. The van der Waals surface area contributed by atoms with E-state index in [2.05, 4.69) is 10.6 Å². The van der Waals surface area contributed by atoms with Crippen molar-refractivity contribution < 1.29 is 18.9 Å². The van der Waals surface area contributed by atoms with E-state index in [1.165, 1.54) is 0 Å². The molecular weight excluding hydrogens is 269 g/mol. The van der Waals surface area contributed by atoms with E-state index in [0.29, 0.717) is 6.54 Å². The van der Waals surface area contributed by atoms with E-state index < -0.39 is 33.8 Å². The van der Waals surface area contributed by atoms with Crippen LogP contribution < -0.4 is 10.6 Å². The van der Waals surface area contributed by atoms with Crippen LogP contribution in [0.15, 0.2) is 18.2 Å². The molecule has 0 fully saturated rings. The van der Waals surface area contributed by atoms with Gasteiger partial charge in [0.05, 0.1) is 17.0 Å². The summed E-state index contributed by atoms with van der Waals surface area (Å²) in [6.07, 6.45) is 0.749. The van der Waals surface area contributed by atoms with E-state index in [4.69, 9.17) is 0 Å². The van der Waals surface area contributed by atoms with Gasteiger partial charge in [0.15, 0.2) is 0 Å². The quantitative estimate of drug-likeness (QED) is 0.600. The molecule has 2 amide bonds. The molecule has 7 nitrogen and oxygen atoms in total. The molecule has 0 heterocycles. The van der Waals surface area contributed by atoms with Gasteiger partial charge in [-0.3, -0.25) is 19.7 Å². The SMILES string of the molecule is CCCNC(=O)CNC(=O)c1cc([N+](=O)[O-])ccc1F. The number of non-ortho nitro benzene ring substituents is 1. The van der Waals surface area contributed by atoms with Crippen molar-refractivity contribution in [2.75, 3.05) is 13.1 Å². The fraction of sp³-hybridized carbons (Fsp3) is 0.333. The van der Waals surface area contributed by atoms with Crippen LogP contribution in [-0.4, -0.2) is 29.8 Å². The number of amides is 2. The number of halogens is 1. The molecule has 0 aliphatic heterocycles. The lowest BCUT2D eigenvalue weighted by molar-refractivity contribution is -0.384. The third kappa shape index (κ3) is 4.30. The Morgan fingerprint density at radius 2 is 2.05 bits per heavy atom. The highest BCUT2D eigenvalue weighted by Gasteiger charge is 2.17. The van der Waals surface area contributed by atoms with Gasteiger partial charge in [-0.05, 0) is 12.5 Å². The van der Waals surface area contributed by atoms with Crippen molar-refractivity contribution in [1.82, 2.24) is 10.6 Å². The molecule has 0 bridgehead atoms. The van der Waals surface area contributed by atoms with E-state index in [9.17, 15) is 24.1 Å². The lowest BCUT2D eigenvalue weighted by atomic mass is 10.1. The van der Waals surface area contributed by atoms with Crippen molar-refractivity contribution in [3.63, 3.8) is 0 Å². The highest BCUT2D eigenvalue weighted by atomic mass is 19.1. The summed E-state index contributed by atoms with van der Waals surface area (Å²) in [5, 5.41) is 15.3. The van der Waals surface area contributed by atoms with Crippen LogP contribution in [0.1, 0.15) is 23.7 Å². The minimum absolute atomic E-state index is 0.318. The van der Waals surface area contributed by atoms with Crippen molar-refractivity contribution in [2.24, 2.45) is 0 Å². The van der Waals surface area contributed by atoms with Crippen molar-refractivity contribution in [3.05, 3.63) is 39.7 Å². The molecule has 0 spiro atoms. The number of hydrogen-bond acceptors (Lipinski definition) is 4. The summed E-state index contributed by atoms with van der Waals surface area (Å²) in [5.41, 5.74) is -0.866. The highest BCUT2D eigenvalue weighted by Crippen LogP contribution is 2.16. The largest absolute Gasteiger partial charge is 0.355 e. The summed E-state index contributed by atoms with van der Waals surface area (Å²) in [4.78, 5) is 32.8. The normalized spacial score (nSPS) is 9.90. The average Bonchev–Trinajstić information content (AvgIpc) is 2.42. The molecule has 0 saturated heterocycles. The molecular formula is C12H14FN3O4. The Balaban J connectivity index is 2.70. The van der Waals surface area contributed by atoms with Gasteiger partial charge in [0.1, 0.15) is 5.82 Å². The van der Waals surface area contributed by atoms with Gasteiger partial charge in [-0.1, -0.05) is 6.92 Å². The number of nitro groups is 1. The van der Waals surface area contributed by atoms with Gasteiger partial charge in [-0.2, -0.15) is 0 Å². The van der Waals surface area contributed by atoms with Gasteiger partial charge in [0.2, 0.25) is 5.91 Å². The summed E-state index contributed by atoms with van der Waals surface area (Å²) in [5.74, 6) is -2.18. The molecule has 0 unspecified atom stereocenters. The van der Waals surface area contributed by atoms with Crippen molar-refractivity contribution in [1.29, 1.82) is 0 Å². The summed E-state index contributed by atoms with van der Waals surface area (Å²) in [7, 11) is 0. The Kier molecular flexibility index (Phi) is 5.57. The Labute approximate surface area is 114 Å². The van der Waals surface area contributed by atoms with E-state index in [1.807, 2.05) is 6.92 Å². The molecule has 0 aromatic heterocycles. The molecule has 0 aliphatic carbocycles. The Morgan fingerprint density at radius 1 is 1.35 bits per heavy atom. The van der Waals surface area contributed by atoms with Crippen LogP contribution in [0.3, 0.4) is 0 Å². The third-order valence-electron chi connectivity index (χ3n) is 2.39. The first kappa shape index (κ1) is 15.5. The number of nitrogens with one attached hydrogen (secondary N) is 2. The molecule has 0 aliphatic rings. The molecule has 20 heavy (non-hydrogen) atoms. The second-order valence-corrected chi connectivity index (χ2v) is 3.95. The van der Waals surface area contributed by atoms with Gasteiger partial charge in [0, 0.05) is 18.7 Å². The predicted octanol–water partition coefficient (Wildman–Crippen LogP) is 0.990.